The third-order valence-corrected chi connectivity index (χ3v) is 24.8. The van der Waals surface area contributed by atoms with Gasteiger partial charge in [-0.25, -0.2) is 29.0 Å². The number of ether oxygens (including phenoxy) is 5. The Kier molecular flexibility index (Phi) is 23.4. The summed E-state index contributed by atoms with van der Waals surface area (Å²) in [6, 6.07) is 37.2. The minimum Gasteiger partial charge on any atom is -0.497 e. The number of H-pyrrole nitrogens is 1. The predicted molar refractivity (Wildman–Crippen MR) is 353 cm³/mol. The van der Waals surface area contributed by atoms with Crippen LogP contribution < -0.4 is 26.0 Å². The average Bonchev–Trinajstić information content (AvgIpc) is 1.24. The summed E-state index contributed by atoms with van der Waals surface area (Å²) < 4.78 is 94.6. The van der Waals surface area contributed by atoms with Gasteiger partial charge in [-0.15, -0.1) is 0 Å². The van der Waals surface area contributed by atoms with Crippen molar-refractivity contribution in [1.29, 1.82) is 10.5 Å². The van der Waals surface area contributed by atoms with Crippen LogP contribution in [-0.2, 0) is 51.4 Å². The van der Waals surface area contributed by atoms with Crippen molar-refractivity contribution in [1.82, 2.24) is 33.7 Å². The molecule has 0 spiro atoms. The number of amides is 1. The first-order valence-corrected chi connectivity index (χ1v) is 36.5. The quantitative estimate of drug-likeness (QED) is 0.0183. The molecule has 2 saturated heterocycles. The lowest BCUT2D eigenvalue weighted by Gasteiger charge is -2.41. The lowest BCUT2D eigenvalue weighted by atomic mass is 9.80. The molecule has 2 aliphatic heterocycles. The molecule has 7 aromatic rings. The Labute approximate surface area is 549 Å². The second-order valence-electron chi connectivity index (χ2n) is 24.7. The number of hydrogen-bond donors (Lipinski definition) is 2. The number of methoxy groups -OCH3 is 2. The number of carbonyl (C=O) groups is 1. The molecule has 5 heterocycles. The van der Waals surface area contributed by atoms with Crippen molar-refractivity contribution in [2.45, 2.75) is 153 Å². The van der Waals surface area contributed by atoms with Crippen molar-refractivity contribution in [3.8, 4) is 23.6 Å². The van der Waals surface area contributed by atoms with E-state index in [9.17, 15) is 24.9 Å². The van der Waals surface area contributed by atoms with Gasteiger partial charge in [0.1, 0.15) is 54.1 Å². The van der Waals surface area contributed by atoms with Crippen molar-refractivity contribution in [2.75, 3.05) is 46.0 Å². The normalized spacial score (nSPS) is 20.3. The molecule has 0 saturated carbocycles. The number of aryl methyl sites for hydroxylation is 1. The fourth-order valence-corrected chi connectivity index (χ4v) is 15.4. The van der Waals surface area contributed by atoms with Gasteiger partial charge in [0.05, 0.1) is 78.1 Å². The number of anilines is 1. The van der Waals surface area contributed by atoms with Gasteiger partial charge in [-0.2, -0.15) is 10.5 Å². The second kappa shape index (κ2) is 31.0. The molecule has 2 unspecified atom stereocenters. The highest BCUT2D eigenvalue weighted by Gasteiger charge is 2.56. The summed E-state index contributed by atoms with van der Waals surface area (Å²) in [5.74, 6) is 0.876. The molecule has 28 heteroatoms. The van der Waals surface area contributed by atoms with Crippen LogP contribution in [0.2, 0.25) is 18.1 Å². The third-order valence-electron chi connectivity index (χ3n) is 16.7. The van der Waals surface area contributed by atoms with E-state index in [-0.39, 0.29) is 67.1 Å². The van der Waals surface area contributed by atoms with E-state index in [2.05, 4.69) is 48.2 Å². The minimum atomic E-state index is -5.04. The van der Waals surface area contributed by atoms with E-state index in [1.165, 1.54) is 23.4 Å². The Morgan fingerprint density at radius 3 is 2.00 bits per heavy atom. The Hall–Kier alpha value is -7.36. The van der Waals surface area contributed by atoms with Crippen molar-refractivity contribution in [2.24, 2.45) is 0 Å². The number of benzene rings is 4. The zero-order valence-electron chi connectivity index (χ0n) is 54.9. The highest BCUT2D eigenvalue weighted by molar-refractivity contribution is 7.48. The fourth-order valence-electron chi connectivity index (χ4n) is 11.0. The van der Waals surface area contributed by atoms with Gasteiger partial charge < -0.3 is 42.5 Å². The van der Waals surface area contributed by atoms with Crippen LogP contribution in [0.4, 0.5) is 5.82 Å². The molecular weight excluding hydrogens is 1260 g/mol. The number of rotatable bonds is 30. The van der Waals surface area contributed by atoms with E-state index < -0.39 is 109 Å². The second-order valence-corrected chi connectivity index (χ2v) is 32.5. The van der Waals surface area contributed by atoms with Crippen molar-refractivity contribution in [3.63, 3.8) is 0 Å². The summed E-state index contributed by atoms with van der Waals surface area (Å²) in [5.41, 5.74) is 0.420. The number of nitrogens with zero attached hydrogens (tertiary/aromatic N) is 8. The summed E-state index contributed by atoms with van der Waals surface area (Å²) >= 11 is 0. The highest BCUT2D eigenvalue weighted by atomic mass is 31.2. The van der Waals surface area contributed by atoms with Gasteiger partial charge >= 0.3 is 13.5 Å². The molecule has 25 nitrogen and oxygen atoms in total. The van der Waals surface area contributed by atoms with Crippen LogP contribution in [0, 0.1) is 29.6 Å². The van der Waals surface area contributed by atoms with E-state index in [1.807, 2.05) is 124 Å². The minimum absolute atomic E-state index is 0.00987. The first kappa shape index (κ1) is 70.9. The summed E-state index contributed by atoms with van der Waals surface area (Å²) in [6.07, 6.45) is -4.27. The number of aromatic nitrogens is 6. The molecular formula is C66H82N10O15P2Si. The highest BCUT2D eigenvalue weighted by Crippen LogP contribution is 2.57. The Bertz CT molecular complexity index is 3880. The molecule has 9 atom stereocenters. The monoisotopic (exact) mass is 1340 g/mol. The van der Waals surface area contributed by atoms with Crippen molar-refractivity contribution < 1.29 is 60.1 Å². The van der Waals surface area contributed by atoms with E-state index in [0.717, 1.165) is 5.56 Å². The number of carbonyl (C=O) groups excluding carboxylic acids is 1. The standard InChI is InChI=1S/C66H82N10O15P2Si/c1-43(2)76(44(3)4)92(84-35-19-33-67)89-52-37-55(74-38-45(5)61(77)73-64(74)79)87-53(52)40-86-93(80,85-36-20-34-68)90-57-54(39-83-66(47-23-17-14-18-24-47,48-25-29-50(81-9)30-26-48)49-27-31-51(82-10)32-28-49)88-63(58(57)91-94(11,12)65(6,7)8)75-42-71-56-59(69-41-70-60(56)75)72-62(78)46-21-15-13-16-22-46/h13-18,21-32,38,41-44,52-55,57-58,63H,19-20,35-37,39-40H2,1-12H3,(H,73,77,79)(H,69,70,72,78)/t52-,53+,54+,55+,57+,58+,63+,92?,93?/m0/s1. The maximum absolute atomic E-state index is 16.3. The van der Waals surface area contributed by atoms with Crippen LogP contribution >= 0.6 is 16.3 Å². The van der Waals surface area contributed by atoms with Crippen LogP contribution in [0.5, 0.6) is 11.5 Å². The van der Waals surface area contributed by atoms with E-state index >= 15 is 4.57 Å². The Morgan fingerprint density at radius 2 is 1.40 bits per heavy atom. The predicted octanol–water partition coefficient (Wildman–Crippen LogP) is 11.6. The van der Waals surface area contributed by atoms with Gasteiger partial charge in [0.2, 0.25) is 0 Å². The number of imidazole rings is 1. The Morgan fingerprint density at radius 1 is 0.798 bits per heavy atom. The van der Waals surface area contributed by atoms with E-state index in [4.69, 9.17) is 60.7 Å². The van der Waals surface area contributed by atoms with E-state index in [0.29, 0.717) is 28.2 Å². The number of phosphoric ester groups is 1. The zero-order chi connectivity index (χ0) is 67.5. The van der Waals surface area contributed by atoms with Gasteiger partial charge in [0, 0.05) is 35.8 Å². The van der Waals surface area contributed by atoms with Crippen molar-refractivity contribution in [3.05, 3.63) is 177 Å². The topological polar surface area (TPSA) is 297 Å². The number of aromatic amines is 1. The molecule has 0 radical (unpaired) electrons. The average molecular weight is 1350 g/mol. The summed E-state index contributed by atoms with van der Waals surface area (Å²) in [6.45, 7) is 18.5. The van der Waals surface area contributed by atoms with Crippen LogP contribution in [-0.4, -0.2) is 131 Å². The van der Waals surface area contributed by atoms with Crippen LogP contribution in [0.1, 0.15) is 113 Å². The molecule has 4 aromatic carbocycles. The lowest BCUT2D eigenvalue weighted by Crippen LogP contribution is -2.49. The maximum atomic E-state index is 16.3. The van der Waals surface area contributed by atoms with Gasteiger partial charge in [0.25, 0.3) is 20.0 Å². The zero-order valence-corrected chi connectivity index (χ0v) is 57.7. The molecule has 3 aromatic heterocycles. The third kappa shape index (κ3) is 16.1. The number of phosphoric acid groups is 1. The van der Waals surface area contributed by atoms with Gasteiger partial charge in [0.15, 0.2) is 31.5 Å². The summed E-state index contributed by atoms with van der Waals surface area (Å²) in [4.78, 5) is 56.2. The first-order chi connectivity index (χ1) is 44.9. The smallest absolute Gasteiger partial charge is 0.475 e. The number of fused-ring (bicyclic) bond motifs is 1. The molecule has 0 aliphatic carbocycles. The number of hydrogen-bond acceptors (Lipinski definition) is 21. The van der Waals surface area contributed by atoms with Crippen molar-refractivity contribution >= 4 is 47.6 Å². The molecule has 1 amide bonds. The van der Waals surface area contributed by atoms with Gasteiger partial charge in [-0.3, -0.25) is 37.3 Å². The SMILES string of the molecule is COc1ccc(C(OC[C@H]2O[C@@H](n3cnc4c(NC(=O)c5ccccc5)ncnc43)[C@H](O[Si](C)(C)C(C)(C)C)[C@@H]2OP(=O)(OCCC#N)OC[C@H]2O[C@@H](n3cc(C)c(=O)[nH]c3=O)C[C@@H]2OP(OCCC#N)N(C(C)C)C(C)C)(c2ccccc2)c2ccc(OC)cc2)cc1. The van der Waals surface area contributed by atoms with Gasteiger partial charge in [-0.05, 0) is 106 Å². The molecule has 2 aliphatic rings. The molecule has 0 bridgehead atoms. The fraction of sp³-hybridized carbons (Fsp3) is 0.455. The Balaban J connectivity index is 1.19. The van der Waals surface area contributed by atoms with Crippen LogP contribution in [0.3, 0.4) is 0 Å². The number of nitriles is 2. The summed E-state index contributed by atoms with van der Waals surface area (Å²) in [7, 11) is -6.82. The largest absolute Gasteiger partial charge is 0.497 e. The molecule has 500 valence electrons. The summed E-state index contributed by atoms with van der Waals surface area (Å²) in [5, 5.41) is 22.0. The molecule has 94 heavy (non-hydrogen) atoms. The molecule has 2 N–H and O–H groups in total. The van der Waals surface area contributed by atoms with Crippen LogP contribution in [0.25, 0.3) is 11.2 Å². The van der Waals surface area contributed by atoms with Gasteiger partial charge in [-0.1, -0.05) is 93.6 Å². The lowest BCUT2D eigenvalue weighted by molar-refractivity contribution is -0.0953. The van der Waals surface area contributed by atoms with Crippen LogP contribution in [0.15, 0.2) is 138 Å². The molecule has 9 rings (SSSR count). The molecule has 2 fully saturated rings. The first-order valence-electron chi connectivity index (χ1n) is 31.0. The number of nitrogens with one attached hydrogen (secondary N) is 2. The van der Waals surface area contributed by atoms with E-state index in [1.54, 1.807) is 56.0 Å². The maximum Gasteiger partial charge on any atom is 0.475 e.